The Balaban J connectivity index is 1.90. The van der Waals surface area contributed by atoms with Gasteiger partial charge in [-0.05, 0) is 63.6 Å². The molecule has 0 saturated heterocycles. The summed E-state index contributed by atoms with van der Waals surface area (Å²) in [4.78, 5) is 23.3. The Labute approximate surface area is 137 Å². The molecule has 1 saturated carbocycles. The molecule has 5 heteroatoms. The van der Waals surface area contributed by atoms with Crippen LogP contribution in [0.15, 0.2) is 24.3 Å². The monoisotopic (exact) mass is 319 g/mol. The number of hydrogen-bond donors (Lipinski definition) is 1. The quantitative estimate of drug-likeness (QED) is 0.864. The largest absolute Gasteiger partial charge is 0.465 e. The summed E-state index contributed by atoms with van der Waals surface area (Å²) in [5.41, 5.74) is 1.26. The molecule has 0 bridgehead atoms. The van der Waals surface area contributed by atoms with Crippen LogP contribution in [0, 0.1) is 0 Å². The van der Waals surface area contributed by atoms with E-state index in [4.69, 9.17) is 9.47 Å². The molecule has 2 rings (SSSR count). The SMILES string of the molecule is COC(=O)c1ccc(C2CCC(NC(=O)OC(C)(C)C)C2)cc1. The molecule has 5 nitrogen and oxygen atoms in total. The van der Waals surface area contributed by atoms with Crippen molar-refractivity contribution in [2.75, 3.05) is 7.11 Å². The van der Waals surface area contributed by atoms with Gasteiger partial charge in [0.1, 0.15) is 5.60 Å². The molecule has 0 radical (unpaired) electrons. The van der Waals surface area contributed by atoms with Gasteiger partial charge in [-0.2, -0.15) is 0 Å². The lowest BCUT2D eigenvalue weighted by atomic mass is 9.96. The van der Waals surface area contributed by atoms with Crippen molar-refractivity contribution in [3.05, 3.63) is 35.4 Å². The third kappa shape index (κ3) is 4.98. The van der Waals surface area contributed by atoms with Gasteiger partial charge < -0.3 is 14.8 Å². The molecule has 0 aromatic heterocycles. The van der Waals surface area contributed by atoms with Crippen molar-refractivity contribution in [1.82, 2.24) is 5.32 Å². The van der Waals surface area contributed by atoms with Crippen molar-refractivity contribution < 1.29 is 19.1 Å². The van der Waals surface area contributed by atoms with E-state index in [0.29, 0.717) is 11.5 Å². The van der Waals surface area contributed by atoms with Crippen LogP contribution in [0.2, 0.25) is 0 Å². The van der Waals surface area contributed by atoms with Gasteiger partial charge in [-0.3, -0.25) is 0 Å². The van der Waals surface area contributed by atoms with Gasteiger partial charge in [0.05, 0.1) is 12.7 Å². The van der Waals surface area contributed by atoms with Gasteiger partial charge in [0, 0.05) is 6.04 Å². The van der Waals surface area contributed by atoms with Crippen LogP contribution in [0.3, 0.4) is 0 Å². The highest BCUT2D eigenvalue weighted by molar-refractivity contribution is 5.89. The number of alkyl carbamates (subject to hydrolysis) is 1. The normalized spacial score (nSPS) is 20.9. The first kappa shape index (κ1) is 17.3. The maximum absolute atomic E-state index is 11.8. The zero-order valence-corrected chi connectivity index (χ0v) is 14.2. The molecule has 1 aliphatic carbocycles. The second kappa shape index (κ2) is 7.02. The lowest BCUT2D eigenvalue weighted by Gasteiger charge is -2.21. The Morgan fingerprint density at radius 1 is 1.13 bits per heavy atom. The van der Waals surface area contributed by atoms with Crippen molar-refractivity contribution >= 4 is 12.1 Å². The second-order valence-electron chi connectivity index (χ2n) is 6.97. The van der Waals surface area contributed by atoms with Gasteiger partial charge in [-0.1, -0.05) is 12.1 Å². The first-order valence-electron chi connectivity index (χ1n) is 7.96. The summed E-state index contributed by atoms with van der Waals surface area (Å²) in [7, 11) is 1.38. The van der Waals surface area contributed by atoms with E-state index in [1.165, 1.54) is 12.7 Å². The van der Waals surface area contributed by atoms with Crippen molar-refractivity contribution in [2.45, 2.75) is 57.6 Å². The number of ether oxygens (including phenoxy) is 2. The second-order valence-corrected chi connectivity index (χ2v) is 6.97. The predicted octanol–water partition coefficient (Wildman–Crippen LogP) is 3.63. The molecule has 0 aliphatic heterocycles. The minimum absolute atomic E-state index is 0.134. The maximum atomic E-state index is 11.8. The fraction of sp³-hybridized carbons (Fsp3) is 0.556. The molecule has 1 aromatic rings. The van der Waals surface area contributed by atoms with E-state index in [-0.39, 0.29) is 18.1 Å². The highest BCUT2D eigenvalue weighted by atomic mass is 16.6. The highest BCUT2D eigenvalue weighted by Crippen LogP contribution is 2.34. The Hall–Kier alpha value is -2.04. The van der Waals surface area contributed by atoms with E-state index < -0.39 is 5.60 Å². The lowest BCUT2D eigenvalue weighted by molar-refractivity contribution is 0.0504. The fourth-order valence-electron chi connectivity index (χ4n) is 2.90. The molecule has 0 heterocycles. The molecular weight excluding hydrogens is 294 g/mol. The number of esters is 1. The number of carbonyl (C=O) groups excluding carboxylic acids is 2. The third-order valence-electron chi connectivity index (χ3n) is 3.96. The number of carbonyl (C=O) groups is 2. The average Bonchev–Trinajstić information content (AvgIpc) is 2.93. The molecular formula is C18H25NO4. The minimum atomic E-state index is -0.480. The zero-order valence-electron chi connectivity index (χ0n) is 14.2. The van der Waals surface area contributed by atoms with Crippen LogP contribution in [0.25, 0.3) is 0 Å². The molecule has 1 N–H and O–H groups in total. The van der Waals surface area contributed by atoms with Crippen LogP contribution < -0.4 is 5.32 Å². The molecule has 2 unspecified atom stereocenters. The van der Waals surface area contributed by atoms with E-state index in [1.54, 1.807) is 12.1 Å². The van der Waals surface area contributed by atoms with Crippen LogP contribution in [0.4, 0.5) is 4.79 Å². The van der Waals surface area contributed by atoms with Gasteiger partial charge in [0.15, 0.2) is 0 Å². The van der Waals surface area contributed by atoms with Crippen LogP contribution in [-0.4, -0.2) is 30.8 Å². The summed E-state index contributed by atoms with van der Waals surface area (Å²) in [5, 5.41) is 2.94. The number of benzene rings is 1. The molecule has 0 spiro atoms. The Kier molecular flexibility index (Phi) is 5.29. The van der Waals surface area contributed by atoms with Gasteiger partial charge in [0.2, 0.25) is 0 Å². The number of nitrogens with one attached hydrogen (secondary N) is 1. The van der Waals surface area contributed by atoms with Gasteiger partial charge in [-0.25, -0.2) is 9.59 Å². The Morgan fingerprint density at radius 3 is 2.35 bits per heavy atom. The van der Waals surface area contributed by atoms with Gasteiger partial charge in [0.25, 0.3) is 0 Å². The van der Waals surface area contributed by atoms with E-state index in [2.05, 4.69) is 5.32 Å². The smallest absolute Gasteiger partial charge is 0.407 e. The summed E-state index contributed by atoms with van der Waals surface area (Å²) >= 11 is 0. The molecule has 1 aromatic carbocycles. The van der Waals surface area contributed by atoms with Crippen LogP contribution in [0.5, 0.6) is 0 Å². The Bertz CT molecular complexity index is 559. The number of hydrogen-bond acceptors (Lipinski definition) is 4. The van der Waals surface area contributed by atoms with E-state index in [1.807, 2.05) is 32.9 Å². The standard InChI is InChI=1S/C18H25NO4/c1-18(2,3)23-17(21)19-15-10-9-14(11-15)12-5-7-13(8-6-12)16(20)22-4/h5-8,14-15H,9-11H2,1-4H3,(H,19,21). The zero-order chi connectivity index (χ0) is 17.0. The third-order valence-corrected chi connectivity index (χ3v) is 3.96. The number of amides is 1. The van der Waals surface area contributed by atoms with Gasteiger partial charge in [-0.15, -0.1) is 0 Å². The lowest BCUT2D eigenvalue weighted by Crippen LogP contribution is -2.37. The van der Waals surface area contributed by atoms with Crippen LogP contribution >= 0.6 is 0 Å². The van der Waals surface area contributed by atoms with Crippen molar-refractivity contribution in [1.29, 1.82) is 0 Å². The topological polar surface area (TPSA) is 64.6 Å². The van der Waals surface area contributed by atoms with E-state index >= 15 is 0 Å². The number of methoxy groups -OCH3 is 1. The molecule has 1 amide bonds. The van der Waals surface area contributed by atoms with E-state index in [9.17, 15) is 9.59 Å². The summed E-state index contributed by atoms with van der Waals surface area (Å²) in [5.74, 6) is 0.0640. The molecule has 126 valence electrons. The van der Waals surface area contributed by atoms with Crippen LogP contribution in [-0.2, 0) is 9.47 Å². The summed E-state index contributed by atoms with van der Waals surface area (Å²) in [6.45, 7) is 5.56. The molecule has 23 heavy (non-hydrogen) atoms. The minimum Gasteiger partial charge on any atom is -0.465 e. The first-order chi connectivity index (χ1) is 10.8. The predicted molar refractivity (Wildman–Crippen MR) is 87.5 cm³/mol. The maximum Gasteiger partial charge on any atom is 0.407 e. The highest BCUT2D eigenvalue weighted by Gasteiger charge is 2.28. The summed E-state index contributed by atoms with van der Waals surface area (Å²) < 4.78 is 10.00. The van der Waals surface area contributed by atoms with Crippen LogP contribution in [0.1, 0.15) is 61.9 Å². The fourth-order valence-corrected chi connectivity index (χ4v) is 2.90. The average molecular weight is 319 g/mol. The summed E-state index contributed by atoms with van der Waals surface area (Å²) in [6, 6.07) is 7.64. The van der Waals surface area contributed by atoms with E-state index in [0.717, 1.165) is 19.3 Å². The number of rotatable bonds is 3. The summed E-state index contributed by atoms with van der Waals surface area (Å²) in [6.07, 6.45) is 2.47. The van der Waals surface area contributed by atoms with Gasteiger partial charge >= 0.3 is 12.1 Å². The Morgan fingerprint density at radius 2 is 1.78 bits per heavy atom. The molecule has 1 aliphatic rings. The van der Waals surface area contributed by atoms with Crippen molar-refractivity contribution in [2.24, 2.45) is 0 Å². The van der Waals surface area contributed by atoms with Crippen molar-refractivity contribution in [3.8, 4) is 0 Å². The molecule has 2 atom stereocenters. The van der Waals surface area contributed by atoms with Crippen molar-refractivity contribution in [3.63, 3.8) is 0 Å². The molecule has 1 fully saturated rings. The first-order valence-corrected chi connectivity index (χ1v) is 7.96.